The van der Waals surface area contributed by atoms with Crippen LogP contribution in [0.5, 0.6) is 0 Å². The van der Waals surface area contributed by atoms with Crippen LogP contribution >= 0.6 is 0 Å². The van der Waals surface area contributed by atoms with Crippen molar-refractivity contribution in [3.63, 3.8) is 0 Å². The molecule has 13 heavy (non-hydrogen) atoms. The van der Waals surface area contributed by atoms with Crippen LogP contribution in [-0.4, -0.2) is 12.8 Å². The summed E-state index contributed by atoms with van der Waals surface area (Å²) in [5.74, 6) is -0.547. The van der Waals surface area contributed by atoms with E-state index in [4.69, 9.17) is 0 Å². The van der Waals surface area contributed by atoms with Crippen LogP contribution in [-0.2, 0) is 4.79 Å². The number of rotatable bonds is 2. The molecule has 0 spiro atoms. The van der Waals surface area contributed by atoms with Crippen molar-refractivity contribution in [2.24, 2.45) is 5.92 Å². The van der Waals surface area contributed by atoms with Crippen molar-refractivity contribution in [2.75, 3.05) is 0 Å². The standard InChI is InChI=1S/C8H11BF3O/c1-6(13)7-3-2-4-8(5-7)9(10,11)12/h4,7H,2-3,5H2,1H3/q-1. The molecule has 1 aliphatic rings. The van der Waals surface area contributed by atoms with Gasteiger partial charge in [0.05, 0.1) is 0 Å². The topological polar surface area (TPSA) is 17.1 Å². The molecule has 1 atom stereocenters. The predicted molar refractivity (Wildman–Crippen MR) is 45.2 cm³/mol. The summed E-state index contributed by atoms with van der Waals surface area (Å²) in [5.41, 5.74) is -0.480. The third kappa shape index (κ3) is 2.61. The Balaban J connectivity index is 2.70. The lowest BCUT2D eigenvalue weighted by Crippen LogP contribution is -2.26. The van der Waals surface area contributed by atoms with Gasteiger partial charge < -0.3 is 12.9 Å². The van der Waals surface area contributed by atoms with E-state index >= 15 is 0 Å². The highest BCUT2D eigenvalue weighted by atomic mass is 19.4. The van der Waals surface area contributed by atoms with Gasteiger partial charge >= 0.3 is 6.98 Å². The summed E-state index contributed by atoms with van der Waals surface area (Å²) >= 11 is 0. The lowest BCUT2D eigenvalue weighted by molar-refractivity contribution is -0.120. The normalized spacial score (nSPS) is 24.0. The molecule has 0 radical (unpaired) electrons. The van der Waals surface area contributed by atoms with Crippen molar-refractivity contribution in [2.45, 2.75) is 26.2 Å². The maximum atomic E-state index is 12.3. The zero-order valence-corrected chi connectivity index (χ0v) is 7.40. The van der Waals surface area contributed by atoms with E-state index in [1.165, 1.54) is 13.0 Å². The molecule has 1 aliphatic carbocycles. The molecule has 0 aromatic rings. The number of allylic oxidation sites excluding steroid dienone is 2. The number of carbonyl (C=O) groups excluding carboxylic acids is 1. The molecule has 0 fully saturated rings. The largest absolute Gasteiger partial charge is 0.505 e. The molecule has 1 nitrogen and oxygen atoms in total. The molecule has 0 aromatic heterocycles. The van der Waals surface area contributed by atoms with Crippen molar-refractivity contribution < 1.29 is 17.7 Å². The SMILES string of the molecule is CC(=O)C1CCC=C([B-](F)(F)F)C1. The first-order valence-electron chi connectivity index (χ1n) is 4.30. The van der Waals surface area contributed by atoms with E-state index in [-0.39, 0.29) is 12.2 Å². The van der Waals surface area contributed by atoms with Gasteiger partial charge in [0.25, 0.3) is 0 Å². The zero-order valence-electron chi connectivity index (χ0n) is 7.40. The Morgan fingerprint density at radius 3 is 2.62 bits per heavy atom. The number of ketones is 1. The van der Waals surface area contributed by atoms with E-state index in [2.05, 4.69) is 0 Å². The van der Waals surface area contributed by atoms with E-state index < -0.39 is 18.4 Å². The van der Waals surface area contributed by atoms with Gasteiger partial charge in [-0.25, -0.2) is 0 Å². The fraction of sp³-hybridized carbons (Fsp3) is 0.625. The third-order valence-electron chi connectivity index (χ3n) is 2.40. The Morgan fingerprint density at radius 2 is 2.15 bits per heavy atom. The Morgan fingerprint density at radius 1 is 1.54 bits per heavy atom. The van der Waals surface area contributed by atoms with Gasteiger partial charge in [0.1, 0.15) is 5.78 Å². The van der Waals surface area contributed by atoms with Crippen molar-refractivity contribution >= 4 is 12.8 Å². The summed E-state index contributed by atoms with van der Waals surface area (Å²) in [5, 5.41) is 0. The number of carbonyl (C=O) groups is 1. The van der Waals surface area contributed by atoms with E-state index in [9.17, 15) is 17.7 Å². The Kier molecular flexibility index (Phi) is 2.83. The molecule has 1 rings (SSSR count). The first-order valence-corrected chi connectivity index (χ1v) is 4.30. The van der Waals surface area contributed by atoms with Crippen LogP contribution in [0.4, 0.5) is 12.9 Å². The van der Waals surface area contributed by atoms with Crippen LogP contribution in [0.25, 0.3) is 0 Å². The van der Waals surface area contributed by atoms with E-state index in [0.29, 0.717) is 12.8 Å². The Labute approximate surface area is 75.1 Å². The average Bonchev–Trinajstić information content (AvgIpc) is 2.03. The molecule has 0 N–H and O–H groups in total. The van der Waals surface area contributed by atoms with Crippen LogP contribution in [0.3, 0.4) is 0 Å². The second-order valence-corrected chi connectivity index (χ2v) is 3.44. The minimum absolute atomic E-state index is 0.112. The lowest BCUT2D eigenvalue weighted by atomic mass is 9.69. The zero-order chi connectivity index (χ0) is 10.1. The second kappa shape index (κ2) is 3.56. The minimum Gasteiger partial charge on any atom is -0.445 e. The summed E-state index contributed by atoms with van der Waals surface area (Å²) < 4.78 is 36.8. The van der Waals surface area contributed by atoms with Crippen LogP contribution in [0.1, 0.15) is 26.2 Å². The van der Waals surface area contributed by atoms with Crippen LogP contribution < -0.4 is 0 Å². The summed E-state index contributed by atoms with van der Waals surface area (Å²) in [6, 6.07) is 0. The Bertz CT molecular complexity index is 244. The highest BCUT2D eigenvalue weighted by Gasteiger charge is 2.32. The molecule has 5 heteroatoms. The van der Waals surface area contributed by atoms with Gasteiger partial charge in [-0.2, -0.15) is 0 Å². The minimum atomic E-state index is -4.88. The highest BCUT2D eigenvalue weighted by Crippen LogP contribution is 2.32. The molecular formula is C8H11BF3O-. The lowest BCUT2D eigenvalue weighted by Gasteiger charge is -2.27. The summed E-state index contributed by atoms with van der Waals surface area (Å²) in [7, 11) is 0. The van der Waals surface area contributed by atoms with Crippen molar-refractivity contribution in [1.82, 2.24) is 0 Å². The average molecular weight is 191 g/mol. The van der Waals surface area contributed by atoms with E-state index in [1.54, 1.807) is 0 Å². The van der Waals surface area contributed by atoms with Gasteiger partial charge in [0.2, 0.25) is 0 Å². The maximum absolute atomic E-state index is 12.3. The number of Topliss-reactive ketones (excluding diaryl/α,β-unsaturated/α-hetero) is 1. The summed E-state index contributed by atoms with van der Waals surface area (Å²) in [6.45, 7) is -3.52. The van der Waals surface area contributed by atoms with Gasteiger partial charge in [-0.1, -0.05) is 0 Å². The molecule has 0 aromatic carbocycles. The molecular weight excluding hydrogens is 180 g/mol. The van der Waals surface area contributed by atoms with Gasteiger partial charge in [-0.3, -0.25) is 4.79 Å². The number of halogens is 3. The highest BCUT2D eigenvalue weighted by molar-refractivity contribution is 6.66. The molecule has 0 bridgehead atoms. The van der Waals surface area contributed by atoms with Crippen LogP contribution in [0.15, 0.2) is 11.5 Å². The van der Waals surface area contributed by atoms with Crippen molar-refractivity contribution in [3.8, 4) is 0 Å². The van der Waals surface area contributed by atoms with E-state index in [1.807, 2.05) is 0 Å². The summed E-state index contributed by atoms with van der Waals surface area (Å²) in [4.78, 5) is 10.9. The fourth-order valence-electron chi connectivity index (χ4n) is 1.55. The molecule has 74 valence electrons. The van der Waals surface area contributed by atoms with Crippen LogP contribution in [0, 0.1) is 5.92 Å². The molecule has 0 amide bonds. The van der Waals surface area contributed by atoms with Gasteiger partial charge in [-0.15, -0.1) is 11.5 Å². The first-order chi connectivity index (χ1) is 5.91. The van der Waals surface area contributed by atoms with Crippen LogP contribution in [0.2, 0.25) is 0 Å². The molecule has 0 saturated heterocycles. The monoisotopic (exact) mass is 191 g/mol. The second-order valence-electron chi connectivity index (χ2n) is 3.44. The van der Waals surface area contributed by atoms with Gasteiger partial charge in [0.15, 0.2) is 0 Å². The van der Waals surface area contributed by atoms with Gasteiger partial charge in [0, 0.05) is 5.92 Å². The third-order valence-corrected chi connectivity index (χ3v) is 2.40. The summed E-state index contributed by atoms with van der Waals surface area (Å²) in [6.07, 6.45) is 2.05. The first kappa shape index (κ1) is 10.3. The molecule has 0 saturated carbocycles. The van der Waals surface area contributed by atoms with E-state index in [0.717, 1.165) is 0 Å². The predicted octanol–water partition coefficient (Wildman–Crippen LogP) is 2.69. The Hall–Kier alpha value is -0.735. The molecule has 1 unspecified atom stereocenters. The smallest absolute Gasteiger partial charge is 0.445 e. The fourth-order valence-corrected chi connectivity index (χ4v) is 1.55. The van der Waals surface area contributed by atoms with Gasteiger partial charge in [-0.05, 0) is 26.2 Å². The number of hydrogen-bond donors (Lipinski definition) is 0. The molecule has 0 heterocycles. The van der Waals surface area contributed by atoms with Crippen molar-refractivity contribution in [1.29, 1.82) is 0 Å². The van der Waals surface area contributed by atoms with Crippen molar-refractivity contribution in [3.05, 3.63) is 11.5 Å². The molecule has 0 aliphatic heterocycles. The number of hydrogen-bond acceptors (Lipinski definition) is 1. The maximum Gasteiger partial charge on any atom is 0.505 e. The quantitative estimate of drug-likeness (QED) is 0.613.